The summed E-state index contributed by atoms with van der Waals surface area (Å²) in [5, 5.41) is 2.74. The number of carbonyl (C=O) groups excluding carboxylic acids is 2. The fraction of sp³-hybridized carbons (Fsp3) is 0.467. The second-order valence-corrected chi connectivity index (χ2v) is 7.57. The van der Waals surface area contributed by atoms with Gasteiger partial charge in [0.05, 0.1) is 12.9 Å². The summed E-state index contributed by atoms with van der Waals surface area (Å²) in [5.41, 5.74) is 6.39. The lowest BCUT2D eigenvalue weighted by molar-refractivity contribution is -0.119. The lowest BCUT2D eigenvalue weighted by Gasteiger charge is -2.21. The standard InChI is InChI=1S/C15H21N3O5S/c1-24(21,22)18-9-2-3-13(18)14(19)17-12-6-4-11(5-7-12)8-10-23-15(16)20/h4-7,13H,2-3,8-10H2,1H3,(H2,16,20)(H,17,19). The Morgan fingerprint density at radius 2 is 2.00 bits per heavy atom. The van der Waals surface area contributed by atoms with Gasteiger partial charge in [-0.2, -0.15) is 4.31 Å². The number of primary amides is 1. The van der Waals surface area contributed by atoms with E-state index in [2.05, 4.69) is 10.1 Å². The molecule has 0 spiro atoms. The largest absolute Gasteiger partial charge is 0.449 e. The quantitative estimate of drug-likeness (QED) is 0.778. The SMILES string of the molecule is CS(=O)(=O)N1CCCC1C(=O)Nc1ccc(CCOC(N)=O)cc1. The Morgan fingerprint density at radius 1 is 1.33 bits per heavy atom. The molecule has 1 atom stereocenters. The van der Waals surface area contributed by atoms with Gasteiger partial charge in [0.2, 0.25) is 15.9 Å². The first-order valence-corrected chi connectivity index (χ1v) is 9.41. The van der Waals surface area contributed by atoms with Crippen molar-refractivity contribution in [2.75, 3.05) is 24.7 Å². The van der Waals surface area contributed by atoms with Gasteiger partial charge in [0.1, 0.15) is 6.04 Å². The summed E-state index contributed by atoms with van der Waals surface area (Å²) in [7, 11) is -3.39. The highest BCUT2D eigenvalue weighted by Gasteiger charge is 2.36. The minimum atomic E-state index is -3.39. The van der Waals surface area contributed by atoms with Gasteiger partial charge >= 0.3 is 6.09 Å². The van der Waals surface area contributed by atoms with Gasteiger partial charge < -0.3 is 15.8 Å². The van der Waals surface area contributed by atoms with E-state index in [4.69, 9.17) is 5.73 Å². The van der Waals surface area contributed by atoms with Gasteiger partial charge in [-0.1, -0.05) is 12.1 Å². The minimum Gasteiger partial charge on any atom is -0.449 e. The first-order chi connectivity index (χ1) is 11.3. The highest BCUT2D eigenvalue weighted by atomic mass is 32.2. The number of carbonyl (C=O) groups is 2. The van der Waals surface area contributed by atoms with E-state index in [9.17, 15) is 18.0 Å². The summed E-state index contributed by atoms with van der Waals surface area (Å²) in [6, 6.07) is 6.36. The zero-order chi connectivity index (χ0) is 17.7. The molecule has 1 aromatic rings. The molecule has 1 aliphatic heterocycles. The van der Waals surface area contributed by atoms with E-state index in [1.807, 2.05) is 0 Å². The molecule has 2 rings (SSSR count). The molecule has 1 unspecified atom stereocenters. The molecule has 8 nitrogen and oxygen atoms in total. The molecule has 1 aliphatic rings. The molecule has 1 aromatic carbocycles. The maximum Gasteiger partial charge on any atom is 0.404 e. The molecule has 1 saturated heterocycles. The second kappa shape index (κ2) is 7.63. The van der Waals surface area contributed by atoms with Crippen LogP contribution in [0.4, 0.5) is 10.5 Å². The van der Waals surface area contributed by atoms with Gasteiger partial charge in [0.15, 0.2) is 0 Å². The Morgan fingerprint density at radius 3 is 2.58 bits per heavy atom. The van der Waals surface area contributed by atoms with Crippen LogP contribution < -0.4 is 11.1 Å². The van der Waals surface area contributed by atoms with Crippen LogP contribution >= 0.6 is 0 Å². The van der Waals surface area contributed by atoms with Crippen molar-refractivity contribution in [3.05, 3.63) is 29.8 Å². The lowest BCUT2D eigenvalue weighted by atomic mass is 10.1. The summed E-state index contributed by atoms with van der Waals surface area (Å²) in [5.74, 6) is -0.331. The summed E-state index contributed by atoms with van der Waals surface area (Å²) in [4.78, 5) is 22.8. The number of hydrogen-bond acceptors (Lipinski definition) is 5. The number of rotatable bonds is 6. The lowest BCUT2D eigenvalue weighted by Crippen LogP contribution is -2.42. The number of ether oxygens (including phenoxy) is 1. The molecule has 0 aliphatic carbocycles. The first-order valence-electron chi connectivity index (χ1n) is 7.56. The molecular formula is C15H21N3O5S. The molecule has 0 saturated carbocycles. The van der Waals surface area contributed by atoms with E-state index in [1.165, 1.54) is 4.31 Å². The average Bonchev–Trinajstić information content (AvgIpc) is 2.98. The first kappa shape index (κ1) is 18.2. The highest BCUT2D eigenvalue weighted by Crippen LogP contribution is 2.22. The van der Waals surface area contributed by atoms with Gasteiger partial charge in [-0.15, -0.1) is 0 Å². The van der Waals surface area contributed by atoms with Crippen molar-refractivity contribution in [3.63, 3.8) is 0 Å². The number of anilines is 1. The summed E-state index contributed by atoms with van der Waals surface area (Å²) < 4.78 is 29.3. The third-order valence-corrected chi connectivity index (χ3v) is 5.08. The van der Waals surface area contributed by atoms with Crippen LogP contribution in [0.5, 0.6) is 0 Å². The molecule has 132 valence electrons. The number of amides is 2. The smallest absolute Gasteiger partial charge is 0.404 e. The van der Waals surface area contributed by atoms with Crippen molar-refractivity contribution in [2.45, 2.75) is 25.3 Å². The predicted octanol–water partition coefficient (Wildman–Crippen LogP) is 0.687. The summed E-state index contributed by atoms with van der Waals surface area (Å²) in [6.07, 6.45) is 2.00. The Balaban J connectivity index is 1.93. The Kier molecular flexibility index (Phi) is 5.79. The van der Waals surface area contributed by atoms with Crippen molar-refractivity contribution in [2.24, 2.45) is 5.73 Å². The minimum absolute atomic E-state index is 0.187. The zero-order valence-corrected chi connectivity index (χ0v) is 14.2. The van der Waals surface area contributed by atoms with E-state index in [0.29, 0.717) is 31.5 Å². The number of sulfonamides is 1. The third-order valence-electron chi connectivity index (χ3n) is 3.79. The fourth-order valence-corrected chi connectivity index (χ4v) is 3.77. The Labute approximate surface area is 141 Å². The maximum atomic E-state index is 12.3. The van der Waals surface area contributed by atoms with Crippen molar-refractivity contribution < 1.29 is 22.7 Å². The van der Waals surface area contributed by atoms with Gasteiger partial charge in [-0.3, -0.25) is 4.79 Å². The van der Waals surface area contributed by atoms with E-state index in [1.54, 1.807) is 24.3 Å². The van der Waals surface area contributed by atoms with Crippen molar-refractivity contribution in [1.82, 2.24) is 4.31 Å². The average molecular weight is 355 g/mol. The molecule has 9 heteroatoms. The van der Waals surface area contributed by atoms with E-state index >= 15 is 0 Å². The van der Waals surface area contributed by atoms with Crippen molar-refractivity contribution in [3.8, 4) is 0 Å². The van der Waals surface area contributed by atoms with Gasteiger partial charge in [-0.25, -0.2) is 13.2 Å². The molecule has 0 aromatic heterocycles. The number of nitrogens with zero attached hydrogens (tertiary/aromatic N) is 1. The van der Waals surface area contributed by atoms with Gasteiger partial charge in [0, 0.05) is 18.7 Å². The number of nitrogens with two attached hydrogens (primary N) is 1. The normalized spacial score (nSPS) is 18.3. The van der Waals surface area contributed by atoms with Crippen LogP contribution in [0.2, 0.25) is 0 Å². The van der Waals surface area contributed by atoms with Crippen LogP contribution in [0, 0.1) is 0 Å². The molecule has 3 N–H and O–H groups in total. The van der Waals surface area contributed by atoms with Crippen LogP contribution in [0.1, 0.15) is 18.4 Å². The molecule has 24 heavy (non-hydrogen) atoms. The van der Waals surface area contributed by atoms with E-state index < -0.39 is 22.2 Å². The number of nitrogens with one attached hydrogen (secondary N) is 1. The van der Waals surface area contributed by atoms with Crippen LogP contribution in [-0.4, -0.2) is 50.2 Å². The van der Waals surface area contributed by atoms with Crippen LogP contribution in [-0.2, 0) is 26.0 Å². The fourth-order valence-electron chi connectivity index (χ4n) is 2.65. The van der Waals surface area contributed by atoms with Crippen molar-refractivity contribution in [1.29, 1.82) is 0 Å². The van der Waals surface area contributed by atoms with Gasteiger partial charge in [0.25, 0.3) is 0 Å². The van der Waals surface area contributed by atoms with E-state index in [0.717, 1.165) is 11.8 Å². The summed E-state index contributed by atoms with van der Waals surface area (Å²) >= 11 is 0. The maximum absolute atomic E-state index is 12.3. The molecule has 0 bridgehead atoms. The molecule has 1 heterocycles. The summed E-state index contributed by atoms with van der Waals surface area (Å²) in [6.45, 7) is 0.558. The molecule has 1 fully saturated rings. The number of benzene rings is 1. The van der Waals surface area contributed by atoms with Gasteiger partial charge in [-0.05, 0) is 30.5 Å². The molecule has 0 radical (unpaired) electrons. The number of hydrogen-bond donors (Lipinski definition) is 2. The highest BCUT2D eigenvalue weighted by molar-refractivity contribution is 7.88. The predicted molar refractivity (Wildman–Crippen MR) is 88.9 cm³/mol. The molecular weight excluding hydrogens is 334 g/mol. The van der Waals surface area contributed by atoms with Crippen LogP contribution in [0.15, 0.2) is 24.3 Å². The second-order valence-electron chi connectivity index (χ2n) is 5.64. The Bertz CT molecular complexity index is 702. The van der Waals surface area contributed by atoms with Crippen LogP contribution in [0.25, 0.3) is 0 Å². The third kappa shape index (κ3) is 4.93. The van der Waals surface area contributed by atoms with Crippen molar-refractivity contribution >= 4 is 27.7 Å². The monoisotopic (exact) mass is 355 g/mol. The topological polar surface area (TPSA) is 119 Å². The molecule has 2 amide bonds. The van der Waals surface area contributed by atoms with E-state index in [-0.39, 0.29) is 12.5 Å². The zero-order valence-electron chi connectivity index (χ0n) is 13.4. The van der Waals surface area contributed by atoms with Crippen LogP contribution in [0.3, 0.4) is 0 Å². The Hall–Kier alpha value is -2.13.